The fourth-order valence-electron chi connectivity index (χ4n) is 1.93. The molecule has 2 aromatic rings. The van der Waals surface area contributed by atoms with Crippen LogP contribution in [0.15, 0.2) is 16.9 Å². The molecule has 0 radical (unpaired) electrons. The van der Waals surface area contributed by atoms with Crippen LogP contribution in [0.2, 0.25) is 5.02 Å². The maximum Gasteiger partial charge on any atom is 0.222 e. The van der Waals surface area contributed by atoms with Crippen LogP contribution in [0.3, 0.4) is 0 Å². The molecule has 0 fully saturated rings. The van der Waals surface area contributed by atoms with Gasteiger partial charge < -0.3 is 5.32 Å². The van der Waals surface area contributed by atoms with Crippen molar-refractivity contribution in [2.24, 2.45) is 0 Å². The van der Waals surface area contributed by atoms with Crippen LogP contribution in [0.5, 0.6) is 0 Å². The van der Waals surface area contributed by atoms with E-state index in [9.17, 15) is 4.79 Å². The van der Waals surface area contributed by atoms with E-state index < -0.39 is 0 Å². The molecule has 0 aliphatic heterocycles. The molecule has 0 spiro atoms. The van der Waals surface area contributed by atoms with Crippen LogP contribution in [0.25, 0.3) is 0 Å². The summed E-state index contributed by atoms with van der Waals surface area (Å²) in [4.78, 5) is 11.9. The van der Waals surface area contributed by atoms with Gasteiger partial charge in [0.2, 0.25) is 5.91 Å². The van der Waals surface area contributed by atoms with E-state index in [1.54, 1.807) is 17.1 Å². The molecule has 0 aliphatic rings. The minimum absolute atomic E-state index is 0.0324. The molecule has 1 N–H and O–H groups in total. The van der Waals surface area contributed by atoms with Crippen molar-refractivity contribution in [1.82, 2.24) is 24.9 Å². The van der Waals surface area contributed by atoms with Crippen LogP contribution in [0.4, 0.5) is 0 Å². The van der Waals surface area contributed by atoms with Gasteiger partial charge in [-0.2, -0.15) is 10.2 Å². The van der Waals surface area contributed by atoms with E-state index in [-0.39, 0.29) is 5.91 Å². The minimum atomic E-state index is -0.0324. The van der Waals surface area contributed by atoms with E-state index in [1.165, 1.54) is 0 Å². The van der Waals surface area contributed by atoms with E-state index in [4.69, 9.17) is 11.6 Å². The monoisotopic (exact) mass is 373 g/mol. The number of halogens is 2. The number of hydrogen-bond acceptors (Lipinski definition) is 3. The van der Waals surface area contributed by atoms with E-state index in [0.29, 0.717) is 24.5 Å². The molecule has 1 amide bonds. The standard InChI is InChI=1S/C13H17BrClN5O/c1-3-20-12(10(14)6-17-20)7-16-13(21)4-5-19-8-11(15)9(2)18-19/h6,8H,3-5,7H2,1-2H3,(H,16,21). The van der Waals surface area contributed by atoms with Crippen molar-refractivity contribution < 1.29 is 4.79 Å². The van der Waals surface area contributed by atoms with Crippen LogP contribution < -0.4 is 5.32 Å². The first-order chi connectivity index (χ1) is 10.0. The quantitative estimate of drug-likeness (QED) is 0.845. The van der Waals surface area contributed by atoms with Crippen LogP contribution in [-0.2, 0) is 24.4 Å². The molecule has 0 bridgehead atoms. The Morgan fingerprint density at radius 3 is 2.90 bits per heavy atom. The summed E-state index contributed by atoms with van der Waals surface area (Å²) in [5.41, 5.74) is 1.73. The molecule has 0 aliphatic carbocycles. The third-order valence-corrected chi connectivity index (χ3v) is 4.14. The summed E-state index contributed by atoms with van der Waals surface area (Å²) in [7, 11) is 0. The van der Waals surface area contributed by atoms with Crippen molar-refractivity contribution in [2.45, 2.75) is 39.9 Å². The number of aryl methyl sites for hydroxylation is 3. The van der Waals surface area contributed by atoms with Gasteiger partial charge in [-0.05, 0) is 29.8 Å². The average molecular weight is 375 g/mol. The number of nitrogens with one attached hydrogen (secondary N) is 1. The lowest BCUT2D eigenvalue weighted by Gasteiger charge is -2.08. The smallest absolute Gasteiger partial charge is 0.222 e. The third kappa shape index (κ3) is 4.07. The molecule has 0 atom stereocenters. The van der Waals surface area contributed by atoms with Gasteiger partial charge >= 0.3 is 0 Å². The maximum absolute atomic E-state index is 11.9. The highest BCUT2D eigenvalue weighted by Crippen LogP contribution is 2.15. The first kappa shape index (κ1) is 16.0. The van der Waals surface area contributed by atoms with Gasteiger partial charge in [0.25, 0.3) is 0 Å². The minimum Gasteiger partial charge on any atom is -0.350 e. The molecule has 2 aromatic heterocycles. The zero-order valence-corrected chi connectivity index (χ0v) is 14.3. The number of carbonyl (C=O) groups excluding carboxylic acids is 1. The van der Waals surface area contributed by atoms with Crippen molar-refractivity contribution >= 4 is 33.4 Å². The fraction of sp³-hybridized carbons (Fsp3) is 0.462. The van der Waals surface area contributed by atoms with E-state index in [0.717, 1.165) is 22.4 Å². The summed E-state index contributed by atoms with van der Waals surface area (Å²) in [5.74, 6) is -0.0324. The summed E-state index contributed by atoms with van der Waals surface area (Å²) in [6, 6.07) is 0. The molecule has 0 unspecified atom stereocenters. The van der Waals surface area contributed by atoms with Crippen molar-refractivity contribution in [1.29, 1.82) is 0 Å². The fourth-order valence-corrected chi connectivity index (χ4v) is 2.52. The molecule has 8 heteroatoms. The Bertz CT molecular complexity index is 617. The van der Waals surface area contributed by atoms with Crippen molar-refractivity contribution in [3.05, 3.63) is 33.3 Å². The number of amides is 1. The van der Waals surface area contributed by atoms with Crippen LogP contribution in [0.1, 0.15) is 24.7 Å². The molecule has 0 aromatic carbocycles. The average Bonchev–Trinajstić information content (AvgIpc) is 2.97. The highest BCUT2D eigenvalue weighted by molar-refractivity contribution is 9.10. The normalized spacial score (nSPS) is 10.9. The lowest BCUT2D eigenvalue weighted by molar-refractivity contribution is -0.121. The third-order valence-electron chi connectivity index (χ3n) is 3.10. The molecule has 0 saturated carbocycles. The summed E-state index contributed by atoms with van der Waals surface area (Å²) in [6.45, 7) is 5.57. The van der Waals surface area contributed by atoms with E-state index >= 15 is 0 Å². The topological polar surface area (TPSA) is 64.7 Å². The van der Waals surface area contributed by atoms with Crippen molar-refractivity contribution in [3.63, 3.8) is 0 Å². The SMILES string of the molecule is CCn1ncc(Br)c1CNC(=O)CCn1cc(Cl)c(C)n1. The highest BCUT2D eigenvalue weighted by Gasteiger charge is 2.10. The molecule has 21 heavy (non-hydrogen) atoms. The number of carbonyl (C=O) groups is 1. The van der Waals surface area contributed by atoms with E-state index in [1.807, 2.05) is 18.5 Å². The summed E-state index contributed by atoms with van der Waals surface area (Å²) in [6.07, 6.45) is 3.82. The predicted octanol–water partition coefficient (Wildman–Crippen LogP) is 2.53. The molecule has 6 nitrogen and oxygen atoms in total. The number of hydrogen-bond donors (Lipinski definition) is 1. The number of nitrogens with zero attached hydrogens (tertiary/aromatic N) is 4. The Hall–Kier alpha value is -1.34. The van der Waals surface area contributed by atoms with Crippen LogP contribution >= 0.6 is 27.5 Å². The number of aromatic nitrogens is 4. The Balaban J connectivity index is 1.83. The molecule has 114 valence electrons. The number of rotatable bonds is 6. The molecule has 0 saturated heterocycles. The first-order valence-electron chi connectivity index (χ1n) is 6.67. The van der Waals surface area contributed by atoms with Crippen LogP contribution in [0, 0.1) is 6.92 Å². The van der Waals surface area contributed by atoms with E-state index in [2.05, 4.69) is 31.4 Å². The Morgan fingerprint density at radius 1 is 1.52 bits per heavy atom. The second-order valence-electron chi connectivity index (χ2n) is 4.61. The zero-order valence-electron chi connectivity index (χ0n) is 11.9. The van der Waals surface area contributed by atoms with Crippen molar-refractivity contribution in [3.8, 4) is 0 Å². The lowest BCUT2D eigenvalue weighted by Crippen LogP contribution is -2.25. The van der Waals surface area contributed by atoms with Gasteiger partial charge in [-0.3, -0.25) is 14.2 Å². The highest BCUT2D eigenvalue weighted by atomic mass is 79.9. The maximum atomic E-state index is 11.9. The van der Waals surface area contributed by atoms with Gasteiger partial charge in [-0.15, -0.1) is 0 Å². The van der Waals surface area contributed by atoms with Gasteiger partial charge in [0, 0.05) is 25.7 Å². The Morgan fingerprint density at radius 2 is 2.29 bits per heavy atom. The van der Waals surface area contributed by atoms with Gasteiger partial charge in [-0.1, -0.05) is 11.6 Å². The van der Waals surface area contributed by atoms with Gasteiger partial charge in [0.1, 0.15) is 0 Å². The van der Waals surface area contributed by atoms with Gasteiger partial charge in [0.05, 0.1) is 33.6 Å². The Labute approximate surface area is 136 Å². The first-order valence-corrected chi connectivity index (χ1v) is 7.84. The Kier molecular flexibility index (Phi) is 5.41. The molecular formula is C13H17BrClN5O. The summed E-state index contributed by atoms with van der Waals surface area (Å²) < 4.78 is 4.43. The van der Waals surface area contributed by atoms with Gasteiger partial charge in [-0.25, -0.2) is 0 Å². The second-order valence-corrected chi connectivity index (χ2v) is 5.87. The summed E-state index contributed by atoms with van der Waals surface area (Å²) in [5, 5.41) is 11.9. The zero-order chi connectivity index (χ0) is 15.4. The second kappa shape index (κ2) is 7.09. The van der Waals surface area contributed by atoms with Crippen molar-refractivity contribution in [2.75, 3.05) is 0 Å². The largest absolute Gasteiger partial charge is 0.350 e. The predicted molar refractivity (Wildman–Crippen MR) is 84.0 cm³/mol. The molecule has 2 heterocycles. The summed E-state index contributed by atoms with van der Waals surface area (Å²) >= 11 is 9.36. The molecular weight excluding hydrogens is 358 g/mol. The molecule has 2 rings (SSSR count). The van der Waals surface area contributed by atoms with Gasteiger partial charge in [0.15, 0.2) is 0 Å². The van der Waals surface area contributed by atoms with Crippen LogP contribution in [-0.4, -0.2) is 25.5 Å². The lowest BCUT2D eigenvalue weighted by atomic mass is 10.3.